The van der Waals surface area contributed by atoms with Gasteiger partial charge in [-0.3, -0.25) is 14.3 Å². The van der Waals surface area contributed by atoms with Crippen LogP contribution in [-0.4, -0.2) is 31.4 Å². The van der Waals surface area contributed by atoms with Crippen LogP contribution in [0.2, 0.25) is 0 Å². The molecule has 1 N–H and O–H groups in total. The van der Waals surface area contributed by atoms with E-state index in [9.17, 15) is 4.79 Å². The number of hydrogen-bond donors (Lipinski definition) is 1. The van der Waals surface area contributed by atoms with Crippen LogP contribution in [0, 0.1) is 0 Å². The summed E-state index contributed by atoms with van der Waals surface area (Å²) in [6.45, 7) is 1.99. The number of carbonyl (C=O) groups excluding carboxylic acids is 1. The molecule has 0 aliphatic rings. The standard InChI is InChI=1S/C29H25N5OS/c1-21(22-14-16-24(17-15-22)23-9-4-2-5-10-23)31-27(35)20-36-29-33-32-28(25-11-8-18-30-19-25)34(29)26-12-6-3-7-13-26/h2-19,21H,20H2,1H3,(H,31,35). The zero-order chi connectivity index (χ0) is 24.7. The second kappa shape index (κ2) is 11.0. The Kier molecular flexibility index (Phi) is 7.19. The molecule has 0 saturated heterocycles. The van der Waals surface area contributed by atoms with Gasteiger partial charge in [0.15, 0.2) is 11.0 Å². The molecule has 0 saturated carbocycles. The third-order valence-electron chi connectivity index (χ3n) is 5.80. The smallest absolute Gasteiger partial charge is 0.230 e. The van der Waals surface area contributed by atoms with Gasteiger partial charge in [0.05, 0.1) is 11.8 Å². The minimum Gasteiger partial charge on any atom is -0.349 e. The quantitative estimate of drug-likeness (QED) is 0.271. The molecule has 2 aromatic heterocycles. The number of aromatic nitrogens is 4. The summed E-state index contributed by atoms with van der Waals surface area (Å²) in [6, 6.07) is 32.1. The zero-order valence-corrected chi connectivity index (χ0v) is 20.6. The van der Waals surface area contributed by atoms with Gasteiger partial charge in [-0.05, 0) is 47.9 Å². The summed E-state index contributed by atoms with van der Waals surface area (Å²) in [5.41, 5.74) is 5.16. The van der Waals surface area contributed by atoms with Crippen LogP contribution in [0.3, 0.4) is 0 Å². The summed E-state index contributed by atoms with van der Waals surface area (Å²) in [4.78, 5) is 17.0. The average Bonchev–Trinajstić information content (AvgIpc) is 3.37. The van der Waals surface area contributed by atoms with Crippen molar-refractivity contribution < 1.29 is 4.79 Å². The SMILES string of the molecule is CC(NC(=O)CSc1nnc(-c2cccnc2)n1-c1ccccc1)c1ccc(-c2ccccc2)cc1. The number of benzene rings is 3. The fraction of sp³-hybridized carbons (Fsp3) is 0.103. The molecule has 5 aromatic rings. The Hall–Kier alpha value is -4.23. The molecule has 178 valence electrons. The van der Waals surface area contributed by atoms with Gasteiger partial charge in [-0.1, -0.05) is 84.6 Å². The van der Waals surface area contributed by atoms with E-state index < -0.39 is 0 Å². The summed E-state index contributed by atoms with van der Waals surface area (Å²) in [5, 5.41) is 12.5. The molecular formula is C29H25N5OS. The van der Waals surface area contributed by atoms with Crippen molar-refractivity contribution in [2.24, 2.45) is 0 Å². The Labute approximate surface area is 214 Å². The van der Waals surface area contributed by atoms with E-state index >= 15 is 0 Å². The highest BCUT2D eigenvalue weighted by molar-refractivity contribution is 7.99. The summed E-state index contributed by atoms with van der Waals surface area (Å²) in [7, 11) is 0. The minimum atomic E-state index is -0.110. The van der Waals surface area contributed by atoms with E-state index in [0.717, 1.165) is 22.4 Å². The Morgan fingerprint density at radius 2 is 1.50 bits per heavy atom. The molecule has 0 aliphatic carbocycles. The highest BCUT2D eigenvalue weighted by Gasteiger charge is 2.18. The van der Waals surface area contributed by atoms with Gasteiger partial charge >= 0.3 is 0 Å². The van der Waals surface area contributed by atoms with Crippen molar-refractivity contribution in [3.63, 3.8) is 0 Å². The molecule has 0 radical (unpaired) electrons. The van der Waals surface area contributed by atoms with Gasteiger partial charge in [0.1, 0.15) is 0 Å². The number of amides is 1. The van der Waals surface area contributed by atoms with Crippen molar-refractivity contribution in [2.75, 3.05) is 5.75 Å². The maximum absolute atomic E-state index is 12.8. The van der Waals surface area contributed by atoms with E-state index in [-0.39, 0.29) is 17.7 Å². The van der Waals surface area contributed by atoms with E-state index in [1.54, 1.807) is 12.4 Å². The summed E-state index contributed by atoms with van der Waals surface area (Å²) < 4.78 is 1.96. The Balaban J connectivity index is 1.27. The largest absolute Gasteiger partial charge is 0.349 e. The number of hydrogen-bond acceptors (Lipinski definition) is 5. The first-order valence-corrected chi connectivity index (χ1v) is 12.7. The van der Waals surface area contributed by atoms with Crippen LogP contribution in [0.25, 0.3) is 28.2 Å². The molecule has 1 unspecified atom stereocenters. The van der Waals surface area contributed by atoms with E-state index in [1.165, 1.54) is 17.3 Å². The van der Waals surface area contributed by atoms with Crippen molar-refractivity contribution in [3.8, 4) is 28.2 Å². The lowest BCUT2D eigenvalue weighted by molar-refractivity contribution is -0.119. The second-order valence-corrected chi connectivity index (χ2v) is 9.23. The van der Waals surface area contributed by atoms with Crippen molar-refractivity contribution in [3.05, 3.63) is 115 Å². The van der Waals surface area contributed by atoms with Gasteiger partial charge in [-0.2, -0.15) is 0 Å². The third kappa shape index (κ3) is 5.37. The number of carbonyl (C=O) groups is 1. The molecular weight excluding hydrogens is 466 g/mol. The third-order valence-corrected chi connectivity index (χ3v) is 6.72. The van der Waals surface area contributed by atoms with E-state index in [4.69, 9.17) is 0 Å². The lowest BCUT2D eigenvalue weighted by Gasteiger charge is -2.15. The minimum absolute atomic E-state index is 0.0647. The second-order valence-electron chi connectivity index (χ2n) is 8.28. The first-order valence-electron chi connectivity index (χ1n) is 11.7. The fourth-order valence-electron chi connectivity index (χ4n) is 3.95. The Morgan fingerprint density at radius 3 is 2.19 bits per heavy atom. The summed E-state index contributed by atoms with van der Waals surface area (Å²) in [5.74, 6) is 0.846. The Morgan fingerprint density at radius 1 is 0.833 bits per heavy atom. The van der Waals surface area contributed by atoms with Crippen LogP contribution in [0.4, 0.5) is 0 Å². The van der Waals surface area contributed by atoms with E-state index in [2.05, 4.69) is 56.9 Å². The average molecular weight is 492 g/mol. The van der Waals surface area contributed by atoms with Gasteiger partial charge in [-0.25, -0.2) is 0 Å². The maximum atomic E-state index is 12.8. The van der Waals surface area contributed by atoms with Gasteiger partial charge in [-0.15, -0.1) is 10.2 Å². The molecule has 0 fully saturated rings. The Bertz CT molecular complexity index is 1420. The van der Waals surface area contributed by atoms with Crippen molar-refractivity contribution in [1.82, 2.24) is 25.1 Å². The fourth-order valence-corrected chi connectivity index (χ4v) is 4.71. The van der Waals surface area contributed by atoms with Crippen molar-refractivity contribution >= 4 is 17.7 Å². The van der Waals surface area contributed by atoms with Gasteiger partial charge in [0.2, 0.25) is 5.91 Å². The summed E-state index contributed by atoms with van der Waals surface area (Å²) in [6.07, 6.45) is 3.48. The van der Waals surface area contributed by atoms with Crippen LogP contribution in [0.5, 0.6) is 0 Å². The predicted octanol–water partition coefficient (Wildman–Crippen LogP) is 5.97. The van der Waals surface area contributed by atoms with Crippen LogP contribution < -0.4 is 5.32 Å². The zero-order valence-electron chi connectivity index (χ0n) is 19.8. The highest BCUT2D eigenvalue weighted by atomic mass is 32.2. The van der Waals surface area contributed by atoms with Crippen LogP contribution in [0.1, 0.15) is 18.5 Å². The number of para-hydroxylation sites is 1. The molecule has 1 amide bonds. The molecule has 7 heteroatoms. The normalized spacial score (nSPS) is 11.7. The monoisotopic (exact) mass is 491 g/mol. The molecule has 36 heavy (non-hydrogen) atoms. The molecule has 1 atom stereocenters. The van der Waals surface area contributed by atoms with Gasteiger partial charge < -0.3 is 5.32 Å². The van der Waals surface area contributed by atoms with E-state index in [1.807, 2.05) is 72.2 Å². The van der Waals surface area contributed by atoms with Crippen molar-refractivity contribution in [2.45, 2.75) is 18.1 Å². The predicted molar refractivity (Wildman–Crippen MR) is 144 cm³/mol. The van der Waals surface area contributed by atoms with Crippen LogP contribution in [0.15, 0.2) is 115 Å². The molecule has 2 heterocycles. The molecule has 3 aromatic carbocycles. The number of nitrogens with zero attached hydrogens (tertiary/aromatic N) is 4. The molecule has 6 nitrogen and oxygen atoms in total. The van der Waals surface area contributed by atoms with Crippen molar-refractivity contribution in [1.29, 1.82) is 0 Å². The van der Waals surface area contributed by atoms with Crippen LogP contribution >= 0.6 is 11.8 Å². The molecule has 0 bridgehead atoms. The molecule has 5 rings (SSSR count). The number of nitrogens with one attached hydrogen (secondary N) is 1. The molecule has 0 aliphatic heterocycles. The first kappa shape index (κ1) is 23.5. The number of rotatable bonds is 8. The lowest BCUT2D eigenvalue weighted by Crippen LogP contribution is -2.28. The maximum Gasteiger partial charge on any atom is 0.230 e. The number of thioether (sulfide) groups is 1. The van der Waals surface area contributed by atoms with E-state index in [0.29, 0.717) is 11.0 Å². The molecule has 0 spiro atoms. The van der Waals surface area contributed by atoms with Gasteiger partial charge in [0.25, 0.3) is 0 Å². The first-order chi connectivity index (χ1) is 17.7. The summed E-state index contributed by atoms with van der Waals surface area (Å²) >= 11 is 1.36. The van der Waals surface area contributed by atoms with Crippen LogP contribution in [-0.2, 0) is 4.79 Å². The van der Waals surface area contributed by atoms with Gasteiger partial charge in [0, 0.05) is 23.6 Å². The highest BCUT2D eigenvalue weighted by Crippen LogP contribution is 2.28. The topological polar surface area (TPSA) is 72.7 Å². The number of pyridine rings is 1. The lowest BCUT2D eigenvalue weighted by atomic mass is 10.0.